The monoisotopic (exact) mass is 490 g/mol. The van der Waals surface area contributed by atoms with Crippen molar-refractivity contribution in [2.75, 3.05) is 34.8 Å². The molecule has 0 unspecified atom stereocenters. The number of sulfone groups is 1. The molecule has 11 heteroatoms. The van der Waals surface area contributed by atoms with Crippen LogP contribution in [0.15, 0.2) is 29.4 Å². The van der Waals surface area contributed by atoms with Crippen molar-refractivity contribution in [2.24, 2.45) is 5.10 Å². The van der Waals surface area contributed by atoms with Crippen molar-refractivity contribution in [2.45, 2.75) is 57.6 Å². The van der Waals surface area contributed by atoms with Gasteiger partial charge in [0, 0.05) is 37.3 Å². The zero-order valence-electron chi connectivity index (χ0n) is 19.2. The van der Waals surface area contributed by atoms with Crippen molar-refractivity contribution in [3.8, 4) is 0 Å². The van der Waals surface area contributed by atoms with Crippen molar-refractivity contribution in [3.05, 3.63) is 24.3 Å². The van der Waals surface area contributed by atoms with Gasteiger partial charge in [0.05, 0.1) is 17.5 Å². The van der Waals surface area contributed by atoms with E-state index in [1.165, 1.54) is 26.2 Å². The van der Waals surface area contributed by atoms with Gasteiger partial charge in [0.15, 0.2) is 15.9 Å². The van der Waals surface area contributed by atoms with E-state index in [2.05, 4.69) is 15.3 Å². The highest BCUT2D eigenvalue weighted by molar-refractivity contribution is 7.91. The van der Waals surface area contributed by atoms with E-state index >= 15 is 0 Å². The van der Waals surface area contributed by atoms with Crippen LogP contribution in [0, 0.1) is 0 Å². The molecular formula is C23H30N4O6S. The van der Waals surface area contributed by atoms with Gasteiger partial charge in [-0.15, -0.1) is 0 Å². The molecule has 3 aliphatic heterocycles. The lowest BCUT2D eigenvalue weighted by molar-refractivity contribution is -0.147. The molecule has 0 aromatic heterocycles. The molecule has 2 saturated heterocycles. The Labute approximate surface area is 199 Å². The van der Waals surface area contributed by atoms with Crippen molar-refractivity contribution in [3.63, 3.8) is 0 Å². The van der Waals surface area contributed by atoms with Crippen LogP contribution >= 0.6 is 0 Å². The van der Waals surface area contributed by atoms with E-state index in [0.29, 0.717) is 5.69 Å². The largest absolute Gasteiger partial charge is 0.448 e. The van der Waals surface area contributed by atoms with E-state index in [1.54, 1.807) is 0 Å². The van der Waals surface area contributed by atoms with E-state index in [-0.39, 0.29) is 42.4 Å². The maximum absolute atomic E-state index is 12.6. The van der Waals surface area contributed by atoms with Gasteiger partial charge in [-0.1, -0.05) is 0 Å². The Hall–Kier alpha value is -2.95. The van der Waals surface area contributed by atoms with Gasteiger partial charge in [0.2, 0.25) is 5.91 Å². The molecule has 1 aromatic rings. The lowest BCUT2D eigenvalue weighted by Crippen LogP contribution is -2.42. The van der Waals surface area contributed by atoms with Gasteiger partial charge < -0.3 is 15.0 Å². The number of benzene rings is 1. The summed E-state index contributed by atoms with van der Waals surface area (Å²) in [5, 5.41) is 7.93. The number of amides is 2. The zero-order chi connectivity index (χ0) is 24.3. The summed E-state index contributed by atoms with van der Waals surface area (Å²) in [4.78, 5) is 39.7. The fourth-order valence-electron chi connectivity index (χ4n) is 4.41. The summed E-state index contributed by atoms with van der Waals surface area (Å²) < 4.78 is 28.8. The molecule has 1 N–H and O–H groups in total. The van der Waals surface area contributed by atoms with Crippen LogP contribution in [-0.4, -0.2) is 73.7 Å². The van der Waals surface area contributed by atoms with E-state index in [4.69, 9.17) is 4.74 Å². The minimum atomic E-state index is -3.21. The van der Waals surface area contributed by atoms with Crippen molar-refractivity contribution in [1.29, 1.82) is 0 Å². The SMILES string of the molecule is C[C@@H](OC(=O)C1=NN([C@@H]2CCS(=O)(=O)C2)C(=O)CC1)C(=O)Nc1ccc(N2CCCCC2)cc1. The number of rotatable bonds is 6. The number of hydrogen-bond donors (Lipinski definition) is 1. The smallest absolute Gasteiger partial charge is 0.355 e. The standard InChI is InChI=1S/C23H30N4O6S/c1-16(22(29)24-17-5-7-18(8-6-17)26-12-3-2-4-13-26)33-23(30)20-9-10-21(28)27(25-20)19-11-14-34(31,32)15-19/h5-8,16,19H,2-4,9-15H2,1H3,(H,24,29)/t16-,19-/m1/s1. The molecule has 2 fully saturated rings. The molecule has 0 bridgehead atoms. The lowest BCUT2D eigenvalue weighted by Gasteiger charge is -2.29. The van der Waals surface area contributed by atoms with Gasteiger partial charge in [-0.05, 0) is 56.9 Å². The van der Waals surface area contributed by atoms with E-state index in [0.717, 1.165) is 23.8 Å². The van der Waals surface area contributed by atoms with Crippen LogP contribution in [0.25, 0.3) is 0 Å². The number of ether oxygens (including phenoxy) is 1. The molecule has 3 aliphatic rings. The van der Waals surface area contributed by atoms with Crippen LogP contribution in [0.1, 0.15) is 45.4 Å². The van der Waals surface area contributed by atoms with Gasteiger partial charge in [0.25, 0.3) is 5.91 Å². The molecule has 0 radical (unpaired) electrons. The highest BCUT2D eigenvalue weighted by Crippen LogP contribution is 2.23. The predicted molar refractivity (Wildman–Crippen MR) is 127 cm³/mol. The summed E-state index contributed by atoms with van der Waals surface area (Å²) in [5.41, 5.74) is 1.72. The predicted octanol–water partition coefficient (Wildman–Crippen LogP) is 1.71. The van der Waals surface area contributed by atoms with Crippen LogP contribution in [0.2, 0.25) is 0 Å². The van der Waals surface area contributed by atoms with Crippen LogP contribution < -0.4 is 10.2 Å². The molecule has 0 aliphatic carbocycles. The summed E-state index contributed by atoms with van der Waals surface area (Å²) >= 11 is 0. The Balaban J connectivity index is 1.33. The second-order valence-electron chi connectivity index (χ2n) is 8.97. The number of piperidine rings is 1. The summed E-state index contributed by atoms with van der Waals surface area (Å²) in [7, 11) is -3.21. The Bertz CT molecular complexity index is 1080. The van der Waals surface area contributed by atoms with Gasteiger partial charge in [-0.25, -0.2) is 18.2 Å². The number of nitrogens with zero attached hydrogens (tertiary/aromatic N) is 3. The topological polar surface area (TPSA) is 125 Å². The van der Waals surface area contributed by atoms with E-state index < -0.39 is 33.9 Å². The average Bonchev–Trinajstić information content (AvgIpc) is 3.19. The Kier molecular flexibility index (Phi) is 7.20. The summed E-state index contributed by atoms with van der Waals surface area (Å²) in [6, 6.07) is 6.99. The quantitative estimate of drug-likeness (QED) is 0.602. The highest BCUT2D eigenvalue weighted by Gasteiger charge is 2.38. The van der Waals surface area contributed by atoms with E-state index in [1.807, 2.05) is 24.3 Å². The summed E-state index contributed by atoms with van der Waals surface area (Å²) in [5.74, 6) is -1.77. The molecular weight excluding hydrogens is 460 g/mol. The number of nitrogens with one attached hydrogen (secondary N) is 1. The van der Waals surface area contributed by atoms with Crippen LogP contribution in [-0.2, 0) is 29.0 Å². The van der Waals surface area contributed by atoms with Crippen molar-refractivity contribution < 1.29 is 27.5 Å². The fourth-order valence-corrected chi connectivity index (χ4v) is 6.10. The first-order valence-electron chi connectivity index (χ1n) is 11.7. The zero-order valence-corrected chi connectivity index (χ0v) is 20.1. The van der Waals surface area contributed by atoms with Gasteiger partial charge >= 0.3 is 5.97 Å². The van der Waals surface area contributed by atoms with Crippen LogP contribution in [0.5, 0.6) is 0 Å². The second-order valence-corrected chi connectivity index (χ2v) is 11.2. The maximum Gasteiger partial charge on any atom is 0.355 e. The molecule has 2 amide bonds. The number of anilines is 2. The molecule has 34 heavy (non-hydrogen) atoms. The normalized spacial score (nSPS) is 23.3. The van der Waals surface area contributed by atoms with Gasteiger partial charge in [-0.2, -0.15) is 5.10 Å². The molecule has 0 spiro atoms. The Morgan fingerprint density at radius 3 is 2.47 bits per heavy atom. The third kappa shape index (κ3) is 5.75. The Morgan fingerprint density at radius 2 is 1.82 bits per heavy atom. The third-order valence-corrected chi connectivity index (χ3v) is 8.11. The van der Waals surface area contributed by atoms with Crippen molar-refractivity contribution >= 4 is 44.7 Å². The van der Waals surface area contributed by atoms with Crippen LogP contribution in [0.4, 0.5) is 11.4 Å². The average molecular weight is 491 g/mol. The first kappa shape index (κ1) is 24.2. The molecule has 3 heterocycles. The first-order chi connectivity index (χ1) is 16.2. The number of carbonyl (C=O) groups is 3. The maximum atomic E-state index is 12.6. The Morgan fingerprint density at radius 1 is 1.12 bits per heavy atom. The van der Waals surface area contributed by atoms with Gasteiger partial charge in [0.1, 0.15) is 5.71 Å². The fraction of sp³-hybridized carbons (Fsp3) is 0.565. The number of hydrazone groups is 1. The van der Waals surface area contributed by atoms with E-state index in [9.17, 15) is 22.8 Å². The summed E-state index contributed by atoms with van der Waals surface area (Å²) in [6.07, 6.45) is 2.94. The second kappa shape index (κ2) is 10.1. The molecule has 2 atom stereocenters. The highest BCUT2D eigenvalue weighted by atomic mass is 32.2. The minimum Gasteiger partial charge on any atom is -0.448 e. The molecule has 1 aromatic carbocycles. The van der Waals surface area contributed by atoms with Crippen molar-refractivity contribution in [1.82, 2.24) is 5.01 Å². The third-order valence-electron chi connectivity index (χ3n) is 6.36. The molecule has 0 saturated carbocycles. The minimum absolute atomic E-state index is 0.00698. The number of esters is 1. The molecule has 10 nitrogen and oxygen atoms in total. The molecule has 4 rings (SSSR count). The number of hydrogen-bond acceptors (Lipinski definition) is 8. The summed E-state index contributed by atoms with van der Waals surface area (Å²) in [6.45, 7) is 3.52. The lowest BCUT2D eigenvalue weighted by atomic mass is 10.1. The number of carbonyl (C=O) groups excluding carboxylic acids is 3. The van der Waals surface area contributed by atoms with Gasteiger partial charge in [-0.3, -0.25) is 9.59 Å². The van der Waals surface area contributed by atoms with Crippen LogP contribution in [0.3, 0.4) is 0 Å². The first-order valence-corrected chi connectivity index (χ1v) is 13.5. The molecule has 184 valence electrons.